The number of aromatic nitrogens is 1. The van der Waals surface area contributed by atoms with Gasteiger partial charge in [0.05, 0.1) is 5.56 Å². The van der Waals surface area contributed by atoms with E-state index in [2.05, 4.69) is 27.9 Å². The van der Waals surface area contributed by atoms with Crippen molar-refractivity contribution in [3.8, 4) is 18.4 Å². The summed E-state index contributed by atoms with van der Waals surface area (Å²) in [5, 5.41) is 9.47. The second-order valence-electron chi connectivity index (χ2n) is 6.07. The van der Waals surface area contributed by atoms with Gasteiger partial charge >= 0.3 is 0 Å². The van der Waals surface area contributed by atoms with Gasteiger partial charge in [0, 0.05) is 44.8 Å². The van der Waals surface area contributed by atoms with Crippen LogP contribution in [0, 0.1) is 23.7 Å². The second-order valence-corrected chi connectivity index (χ2v) is 6.07. The van der Waals surface area contributed by atoms with Crippen molar-refractivity contribution in [2.45, 2.75) is 32.1 Å². The Morgan fingerprint density at radius 2 is 1.95 bits per heavy atom. The number of nitriles is 1. The number of piperazine rings is 1. The van der Waals surface area contributed by atoms with Crippen LogP contribution in [0.5, 0.6) is 0 Å². The molecule has 0 atom stereocenters. The molecule has 0 saturated carbocycles. The molecule has 0 aromatic carbocycles. The summed E-state index contributed by atoms with van der Waals surface area (Å²) in [7, 11) is 0. The molecule has 3 rings (SSSR count). The summed E-state index contributed by atoms with van der Waals surface area (Å²) in [6, 6.07) is 4.42. The van der Waals surface area contributed by atoms with Crippen LogP contribution in [0.1, 0.15) is 36.1 Å². The Morgan fingerprint density at radius 1 is 1.18 bits per heavy atom. The molecule has 0 spiro atoms. The number of aryl methyl sites for hydroxylation is 2. The van der Waals surface area contributed by atoms with Crippen molar-refractivity contribution in [3.05, 3.63) is 22.9 Å². The molecule has 0 unspecified atom stereocenters. The van der Waals surface area contributed by atoms with Crippen molar-refractivity contribution in [2.75, 3.05) is 37.6 Å². The zero-order valence-corrected chi connectivity index (χ0v) is 13.0. The Morgan fingerprint density at radius 3 is 2.68 bits per heavy atom. The monoisotopic (exact) mass is 294 g/mol. The normalized spacial score (nSPS) is 18.4. The summed E-state index contributed by atoms with van der Waals surface area (Å²) >= 11 is 0. The molecule has 1 aliphatic carbocycles. The molecule has 0 N–H and O–H groups in total. The van der Waals surface area contributed by atoms with Crippen molar-refractivity contribution >= 4 is 5.82 Å². The van der Waals surface area contributed by atoms with E-state index in [1.165, 1.54) is 24.1 Å². The molecule has 0 amide bonds. The molecular weight excluding hydrogens is 272 g/mol. The van der Waals surface area contributed by atoms with E-state index in [9.17, 15) is 5.26 Å². The number of rotatable bonds is 3. The minimum absolute atomic E-state index is 0.734. The van der Waals surface area contributed by atoms with E-state index in [0.717, 1.165) is 63.4 Å². The standard InChI is InChI=1S/C18H22N4/c1-2-3-8-21-9-11-22(12-10-21)18-16(14-19)13-15-6-4-5-7-17(15)20-18/h1,13H,3-12H2. The molecule has 0 radical (unpaired) electrons. The highest BCUT2D eigenvalue weighted by Gasteiger charge is 2.22. The van der Waals surface area contributed by atoms with E-state index in [-0.39, 0.29) is 0 Å². The van der Waals surface area contributed by atoms with Crippen molar-refractivity contribution in [1.82, 2.24) is 9.88 Å². The highest BCUT2D eigenvalue weighted by Crippen LogP contribution is 2.27. The summed E-state index contributed by atoms with van der Waals surface area (Å²) in [4.78, 5) is 9.50. The molecule has 2 aliphatic rings. The largest absolute Gasteiger partial charge is 0.353 e. The second kappa shape index (κ2) is 6.81. The third kappa shape index (κ3) is 3.08. The minimum atomic E-state index is 0.734. The summed E-state index contributed by atoms with van der Waals surface area (Å²) < 4.78 is 0. The smallest absolute Gasteiger partial charge is 0.146 e. The van der Waals surface area contributed by atoms with Crippen LogP contribution in [0.3, 0.4) is 0 Å². The quantitative estimate of drug-likeness (QED) is 0.800. The number of hydrogen-bond donors (Lipinski definition) is 0. The molecule has 2 heterocycles. The van der Waals surface area contributed by atoms with E-state index in [4.69, 9.17) is 11.4 Å². The van der Waals surface area contributed by atoms with Crippen molar-refractivity contribution in [3.63, 3.8) is 0 Å². The molecule has 22 heavy (non-hydrogen) atoms. The lowest BCUT2D eigenvalue weighted by Crippen LogP contribution is -2.47. The van der Waals surface area contributed by atoms with Crippen LogP contribution < -0.4 is 4.90 Å². The molecule has 4 nitrogen and oxygen atoms in total. The molecule has 1 aromatic rings. The van der Waals surface area contributed by atoms with Crippen LogP contribution in [0.25, 0.3) is 0 Å². The van der Waals surface area contributed by atoms with Crippen LogP contribution in [-0.4, -0.2) is 42.6 Å². The Balaban J connectivity index is 1.75. The molecule has 4 heteroatoms. The average molecular weight is 294 g/mol. The van der Waals surface area contributed by atoms with Crippen molar-refractivity contribution in [1.29, 1.82) is 5.26 Å². The number of nitrogens with zero attached hydrogens (tertiary/aromatic N) is 4. The number of fused-ring (bicyclic) bond motifs is 1. The SMILES string of the molecule is C#CCCN1CCN(c2nc3c(cc2C#N)CCCC3)CC1. The number of anilines is 1. The highest BCUT2D eigenvalue weighted by atomic mass is 15.3. The van der Waals surface area contributed by atoms with Gasteiger partial charge in [-0.15, -0.1) is 12.3 Å². The first kappa shape index (κ1) is 14.9. The minimum Gasteiger partial charge on any atom is -0.353 e. The van der Waals surface area contributed by atoms with Gasteiger partial charge < -0.3 is 4.90 Å². The summed E-state index contributed by atoms with van der Waals surface area (Å²) in [6.07, 6.45) is 10.7. The maximum absolute atomic E-state index is 9.47. The lowest BCUT2D eigenvalue weighted by molar-refractivity contribution is 0.263. The van der Waals surface area contributed by atoms with Gasteiger partial charge in [-0.25, -0.2) is 4.98 Å². The van der Waals surface area contributed by atoms with Gasteiger partial charge in [-0.2, -0.15) is 5.26 Å². The lowest BCUT2D eigenvalue weighted by atomic mass is 9.95. The van der Waals surface area contributed by atoms with Crippen LogP contribution in [-0.2, 0) is 12.8 Å². The Kier molecular flexibility index (Phi) is 4.61. The first-order chi connectivity index (χ1) is 10.8. The zero-order valence-electron chi connectivity index (χ0n) is 13.0. The van der Waals surface area contributed by atoms with Gasteiger partial charge in [-0.05, 0) is 37.3 Å². The van der Waals surface area contributed by atoms with Crippen molar-refractivity contribution in [2.24, 2.45) is 0 Å². The number of pyridine rings is 1. The highest BCUT2D eigenvalue weighted by molar-refractivity contribution is 5.56. The fraction of sp³-hybridized carbons (Fsp3) is 0.556. The topological polar surface area (TPSA) is 43.2 Å². The predicted octanol–water partition coefficient (Wildman–Crippen LogP) is 1.98. The van der Waals surface area contributed by atoms with E-state index in [1.54, 1.807) is 0 Å². The molecule has 1 fully saturated rings. The molecule has 1 aliphatic heterocycles. The Hall–Kier alpha value is -2.04. The summed E-state index contributed by atoms with van der Waals surface area (Å²) in [5.41, 5.74) is 3.21. The average Bonchev–Trinajstić information content (AvgIpc) is 2.59. The molecule has 1 aromatic heterocycles. The number of hydrogen-bond acceptors (Lipinski definition) is 4. The first-order valence-electron chi connectivity index (χ1n) is 8.15. The third-order valence-corrected chi connectivity index (χ3v) is 4.65. The van der Waals surface area contributed by atoms with E-state index in [0.29, 0.717) is 0 Å². The van der Waals surface area contributed by atoms with Crippen LogP contribution >= 0.6 is 0 Å². The van der Waals surface area contributed by atoms with E-state index >= 15 is 0 Å². The van der Waals surface area contributed by atoms with Gasteiger partial charge in [0.2, 0.25) is 0 Å². The van der Waals surface area contributed by atoms with E-state index in [1.807, 2.05) is 0 Å². The Labute approximate surface area is 132 Å². The predicted molar refractivity (Wildman–Crippen MR) is 87.7 cm³/mol. The number of terminal acetylenes is 1. The zero-order chi connectivity index (χ0) is 15.4. The summed E-state index contributed by atoms with van der Waals surface area (Å²) in [6.45, 7) is 4.79. The van der Waals surface area contributed by atoms with Crippen LogP contribution in [0.15, 0.2) is 6.07 Å². The maximum atomic E-state index is 9.47. The first-order valence-corrected chi connectivity index (χ1v) is 8.15. The van der Waals surface area contributed by atoms with Crippen LogP contribution in [0.2, 0.25) is 0 Å². The summed E-state index contributed by atoms with van der Waals surface area (Å²) in [5.74, 6) is 3.59. The van der Waals surface area contributed by atoms with Crippen molar-refractivity contribution < 1.29 is 0 Å². The van der Waals surface area contributed by atoms with Crippen LogP contribution in [0.4, 0.5) is 5.82 Å². The van der Waals surface area contributed by atoms with Gasteiger partial charge in [0.25, 0.3) is 0 Å². The third-order valence-electron chi connectivity index (χ3n) is 4.65. The van der Waals surface area contributed by atoms with Gasteiger partial charge in [0.1, 0.15) is 11.9 Å². The van der Waals surface area contributed by atoms with E-state index < -0.39 is 0 Å². The van der Waals surface area contributed by atoms with Gasteiger partial charge in [0.15, 0.2) is 0 Å². The van der Waals surface area contributed by atoms with Gasteiger partial charge in [-0.3, -0.25) is 4.90 Å². The lowest BCUT2D eigenvalue weighted by Gasteiger charge is -2.36. The molecule has 114 valence electrons. The Bertz CT molecular complexity index is 615. The molecule has 0 bridgehead atoms. The molecular formula is C18H22N4. The van der Waals surface area contributed by atoms with Gasteiger partial charge in [-0.1, -0.05) is 0 Å². The maximum Gasteiger partial charge on any atom is 0.146 e. The fourth-order valence-corrected chi connectivity index (χ4v) is 3.35. The molecule has 1 saturated heterocycles. The fourth-order valence-electron chi connectivity index (χ4n) is 3.35.